The third-order valence-corrected chi connectivity index (χ3v) is 3.72. The summed E-state index contributed by atoms with van der Waals surface area (Å²) < 4.78 is 12.3. The summed E-state index contributed by atoms with van der Waals surface area (Å²) in [5.74, 6) is -0.284. The molecule has 1 aliphatic heterocycles. The zero-order valence-corrected chi connectivity index (χ0v) is 12.4. The van der Waals surface area contributed by atoms with Gasteiger partial charge in [-0.2, -0.15) is 0 Å². The highest BCUT2D eigenvalue weighted by Crippen LogP contribution is 2.34. The molecule has 0 radical (unpaired) electrons. The second-order valence-electron chi connectivity index (χ2n) is 5.31. The highest BCUT2D eigenvalue weighted by atomic mass is 16.5. The smallest absolute Gasteiger partial charge is 0.330 e. The van der Waals surface area contributed by atoms with Crippen LogP contribution in [0.5, 0.6) is 0 Å². The van der Waals surface area contributed by atoms with Crippen molar-refractivity contribution in [2.75, 3.05) is 6.61 Å². The van der Waals surface area contributed by atoms with E-state index in [-0.39, 0.29) is 24.6 Å². The third kappa shape index (κ3) is 3.41. The van der Waals surface area contributed by atoms with Crippen LogP contribution >= 0.6 is 0 Å². The number of carbonyl (C=O) groups excluding carboxylic acids is 1. The number of hydrogen-bond acceptors (Lipinski definition) is 5. The largest absolute Gasteiger partial charge is 0.465 e. The molecular weight excluding hydrogens is 276 g/mol. The molecule has 1 saturated heterocycles. The summed E-state index contributed by atoms with van der Waals surface area (Å²) in [7, 11) is 0. The number of carbonyl (C=O) groups is 1. The molecule has 1 fully saturated rings. The predicted molar refractivity (Wildman–Crippen MR) is 75.0 cm³/mol. The van der Waals surface area contributed by atoms with Crippen LogP contribution in [0.4, 0.5) is 0 Å². The van der Waals surface area contributed by atoms with E-state index in [1.807, 2.05) is 6.92 Å². The lowest BCUT2D eigenvalue weighted by Crippen LogP contribution is -2.33. The predicted octanol–water partition coefficient (Wildman–Crippen LogP) is 0.722. The fourth-order valence-corrected chi connectivity index (χ4v) is 2.59. The highest BCUT2D eigenvalue weighted by molar-refractivity contribution is 5.65. The van der Waals surface area contributed by atoms with Gasteiger partial charge < -0.3 is 9.47 Å². The van der Waals surface area contributed by atoms with Crippen molar-refractivity contribution in [3.05, 3.63) is 32.6 Å². The molecule has 7 nitrogen and oxygen atoms in total. The topological polar surface area (TPSA) is 90.4 Å². The summed E-state index contributed by atoms with van der Waals surface area (Å²) in [6, 6.07) is 0. The quantitative estimate of drug-likeness (QED) is 0.827. The first-order valence-electron chi connectivity index (χ1n) is 7.03. The standard InChI is InChI=1S/C14H20N2O5/c1-4-11-10(7-20-9(3)17)5-12(21-11)16-6-8(2)13(18)15-14(16)19/h6,10-12H,4-5,7H2,1-3H3,(H,15,18,19)/t10-,11-,12-/m1/s1. The van der Waals surface area contributed by atoms with Gasteiger partial charge in [-0.3, -0.25) is 19.1 Å². The van der Waals surface area contributed by atoms with Crippen molar-refractivity contribution in [2.24, 2.45) is 5.92 Å². The van der Waals surface area contributed by atoms with Gasteiger partial charge in [-0.1, -0.05) is 6.92 Å². The van der Waals surface area contributed by atoms with Gasteiger partial charge in [0.1, 0.15) is 6.23 Å². The van der Waals surface area contributed by atoms with Crippen LogP contribution < -0.4 is 11.2 Å². The van der Waals surface area contributed by atoms with Gasteiger partial charge in [-0.15, -0.1) is 0 Å². The van der Waals surface area contributed by atoms with Crippen molar-refractivity contribution in [1.29, 1.82) is 0 Å². The SMILES string of the molecule is CC[C@H]1O[C@@H](n2cc(C)c(=O)[nH]c2=O)C[C@@H]1COC(C)=O. The molecule has 7 heteroatoms. The molecule has 0 saturated carbocycles. The van der Waals surface area contributed by atoms with Gasteiger partial charge >= 0.3 is 11.7 Å². The summed E-state index contributed by atoms with van der Waals surface area (Å²) in [6.45, 7) is 5.26. The lowest BCUT2D eigenvalue weighted by atomic mass is 10.00. The molecule has 0 spiro atoms. The Kier molecular flexibility index (Phi) is 4.62. The van der Waals surface area contributed by atoms with Crippen molar-refractivity contribution in [3.63, 3.8) is 0 Å². The molecule has 2 heterocycles. The van der Waals surface area contributed by atoms with E-state index >= 15 is 0 Å². The molecule has 0 bridgehead atoms. The van der Waals surface area contributed by atoms with Crippen molar-refractivity contribution in [3.8, 4) is 0 Å². The monoisotopic (exact) mass is 296 g/mol. The van der Waals surface area contributed by atoms with Gasteiger partial charge in [0.25, 0.3) is 5.56 Å². The molecule has 2 rings (SSSR count). The maximum absolute atomic E-state index is 11.9. The molecule has 1 aromatic heterocycles. The Labute approximate surface area is 121 Å². The lowest BCUT2D eigenvalue weighted by molar-refractivity contribution is -0.142. The maximum Gasteiger partial charge on any atom is 0.330 e. The zero-order chi connectivity index (χ0) is 15.6. The summed E-state index contributed by atoms with van der Waals surface area (Å²) in [5.41, 5.74) is -0.425. The van der Waals surface area contributed by atoms with Crippen LogP contribution in [0, 0.1) is 12.8 Å². The van der Waals surface area contributed by atoms with Gasteiger partial charge in [0.15, 0.2) is 0 Å². The lowest BCUT2D eigenvalue weighted by Gasteiger charge is -2.16. The second-order valence-corrected chi connectivity index (χ2v) is 5.31. The van der Waals surface area contributed by atoms with Crippen LogP contribution in [0.1, 0.15) is 38.5 Å². The van der Waals surface area contributed by atoms with Gasteiger partial charge in [0.2, 0.25) is 0 Å². The van der Waals surface area contributed by atoms with Gasteiger partial charge in [0.05, 0.1) is 12.7 Å². The van der Waals surface area contributed by atoms with Crippen LogP contribution in [0.2, 0.25) is 0 Å². The Morgan fingerprint density at radius 2 is 2.24 bits per heavy atom. The minimum absolute atomic E-state index is 0.0445. The number of H-pyrrole nitrogens is 1. The first-order valence-corrected chi connectivity index (χ1v) is 7.03. The summed E-state index contributed by atoms with van der Waals surface area (Å²) in [4.78, 5) is 36.5. The third-order valence-electron chi connectivity index (χ3n) is 3.72. The van der Waals surface area contributed by atoms with Crippen LogP contribution in [0.3, 0.4) is 0 Å². The first-order chi connectivity index (χ1) is 9.92. The fourth-order valence-electron chi connectivity index (χ4n) is 2.59. The van der Waals surface area contributed by atoms with Crippen molar-refractivity contribution >= 4 is 5.97 Å². The maximum atomic E-state index is 11.9. The van der Waals surface area contributed by atoms with Gasteiger partial charge in [-0.05, 0) is 13.3 Å². The minimum Gasteiger partial charge on any atom is -0.465 e. The highest BCUT2D eigenvalue weighted by Gasteiger charge is 2.36. The van der Waals surface area contributed by atoms with E-state index in [1.165, 1.54) is 17.7 Å². The van der Waals surface area contributed by atoms with Crippen molar-refractivity contribution < 1.29 is 14.3 Å². The Bertz CT molecular complexity index is 633. The van der Waals surface area contributed by atoms with E-state index in [0.29, 0.717) is 12.0 Å². The Balaban J connectivity index is 2.19. The van der Waals surface area contributed by atoms with Crippen LogP contribution in [-0.4, -0.2) is 28.2 Å². The normalized spacial score (nSPS) is 25.0. The Hall–Kier alpha value is -1.89. The van der Waals surface area contributed by atoms with Crippen LogP contribution in [-0.2, 0) is 14.3 Å². The zero-order valence-electron chi connectivity index (χ0n) is 12.4. The number of ether oxygens (including phenoxy) is 2. The van der Waals surface area contributed by atoms with Crippen molar-refractivity contribution in [1.82, 2.24) is 9.55 Å². The molecule has 1 N–H and O–H groups in total. The van der Waals surface area contributed by atoms with E-state index < -0.39 is 17.5 Å². The molecule has 116 valence electrons. The second kappa shape index (κ2) is 6.26. The molecule has 21 heavy (non-hydrogen) atoms. The van der Waals surface area contributed by atoms with Gasteiger partial charge in [-0.25, -0.2) is 4.79 Å². The fraction of sp³-hybridized carbons (Fsp3) is 0.643. The molecule has 0 unspecified atom stereocenters. The van der Waals surface area contributed by atoms with E-state index in [0.717, 1.165) is 6.42 Å². The number of nitrogens with zero attached hydrogens (tertiary/aromatic N) is 1. The average molecular weight is 296 g/mol. The molecule has 0 aliphatic carbocycles. The molecular formula is C14H20N2O5. The van der Waals surface area contributed by atoms with E-state index in [4.69, 9.17) is 9.47 Å². The number of nitrogens with one attached hydrogen (secondary N) is 1. The van der Waals surface area contributed by atoms with E-state index in [1.54, 1.807) is 6.92 Å². The van der Waals surface area contributed by atoms with E-state index in [9.17, 15) is 14.4 Å². The minimum atomic E-state index is -0.487. The van der Waals surface area contributed by atoms with Crippen molar-refractivity contribution in [2.45, 2.75) is 45.9 Å². The van der Waals surface area contributed by atoms with Gasteiger partial charge in [0, 0.05) is 31.0 Å². The number of aromatic nitrogens is 2. The number of esters is 1. The van der Waals surface area contributed by atoms with Crippen LogP contribution in [0.15, 0.2) is 15.8 Å². The summed E-state index contributed by atoms with van der Waals surface area (Å²) >= 11 is 0. The molecule has 0 aromatic carbocycles. The summed E-state index contributed by atoms with van der Waals surface area (Å²) in [6.07, 6.45) is 2.32. The molecule has 1 aliphatic rings. The van der Waals surface area contributed by atoms with E-state index in [2.05, 4.69) is 4.98 Å². The number of hydrogen-bond donors (Lipinski definition) is 1. The number of aryl methyl sites for hydroxylation is 1. The molecule has 0 amide bonds. The number of rotatable bonds is 4. The Morgan fingerprint density at radius 1 is 1.52 bits per heavy atom. The molecule has 1 aromatic rings. The van der Waals surface area contributed by atoms with Crippen LogP contribution in [0.25, 0.3) is 0 Å². The first kappa shape index (κ1) is 15.5. The Morgan fingerprint density at radius 3 is 2.86 bits per heavy atom. The summed E-state index contributed by atoms with van der Waals surface area (Å²) in [5, 5.41) is 0. The molecule has 3 atom stereocenters. The average Bonchev–Trinajstić information content (AvgIpc) is 2.83. The number of aromatic amines is 1.